The lowest BCUT2D eigenvalue weighted by Gasteiger charge is -2.37. The van der Waals surface area contributed by atoms with Crippen LogP contribution in [0.2, 0.25) is 0 Å². The monoisotopic (exact) mass is 368 g/mol. The molecule has 2 aromatic rings. The lowest BCUT2D eigenvalue weighted by molar-refractivity contribution is 0.0906. The fourth-order valence-electron chi connectivity index (χ4n) is 3.55. The molecule has 1 fully saturated rings. The van der Waals surface area contributed by atoms with Crippen molar-refractivity contribution in [2.24, 2.45) is 5.92 Å². The molecule has 1 atom stereocenters. The number of nitrogens with zero attached hydrogens (tertiary/aromatic N) is 3. The SMILES string of the molecule is CCn1nc(C(=O)NCC(c2ccccc2)N2CCC(C)CC2)ccc1=O. The van der Waals surface area contributed by atoms with Gasteiger partial charge in [0.25, 0.3) is 11.5 Å². The van der Waals surface area contributed by atoms with Gasteiger partial charge in [0.05, 0.1) is 6.04 Å². The Hall–Kier alpha value is -2.47. The summed E-state index contributed by atoms with van der Waals surface area (Å²) in [6.07, 6.45) is 2.36. The van der Waals surface area contributed by atoms with Crippen LogP contribution in [0.15, 0.2) is 47.3 Å². The number of nitrogens with one attached hydrogen (secondary N) is 1. The summed E-state index contributed by atoms with van der Waals surface area (Å²) in [5.74, 6) is 0.509. The molecule has 144 valence electrons. The highest BCUT2D eigenvalue weighted by atomic mass is 16.2. The van der Waals surface area contributed by atoms with Crippen molar-refractivity contribution in [1.82, 2.24) is 20.0 Å². The normalized spacial score (nSPS) is 16.8. The minimum atomic E-state index is -0.247. The van der Waals surface area contributed by atoms with E-state index in [9.17, 15) is 9.59 Å². The molecule has 1 aliphatic rings. The first-order valence-corrected chi connectivity index (χ1v) is 9.74. The summed E-state index contributed by atoms with van der Waals surface area (Å²) in [6, 6.07) is 13.3. The maximum absolute atomic E-state index is 12.6. The molecule has 1 amide bonds. The molecule has 0 aliphatic carbocycles. The molecule has 1 aromatic carbocycles. The highest BCUT2D eigenvalue weighted by molar-refractivity contribution is 5.92. The van der Waals surface area contributed by atoms with Crippen molar-refractivity contribution in [2.75, 3.05) is 19.6 Å². The van der Waals surface area contributed by atoms with Crippen LogP contribution >= 0.6 is 0 Å². The Morgan fingerprint density at radius 3 is 2.56 bits per heavy atom. The van der Waals surface area contributed by atoms with E-state index < -0.39 is 0 Å². The predicted octanol–water partition coefficient (Wildman–Crippen LogP) is 2.47. The second-order valence-corrected chi connectivity index (χ2v) is 7.23. The number of aryl methyl sites for hydroxylation is 1. The average molecular weight is 368 g/mol. The van der Waals surface area contributed by atoms with Gasteiger partial charge in [0.2, 0.25) is 0 Å². The number of carbonyl (C=O) groups excluding carboxylic acids is 1. The van der Waals surface area contributed by atoms with Crippen LogP contribution in [0, 0.1) is 5.92 Å². The van der Waals surface area contributed by atoms with Crippen molar-refractivity contribution in [3.63, 3.8) is 0 Å². The first kappa shape index (κ1) is 19.3. The number of amides is 1. The van der Waals surface area contributed by atoms with Crippen LogP contribution in [0.3, 0.4) is 0 Å². The Balaban J connectivity index is 1.72. The molecule has 2 heterocycles. The Kier molecular flexibility index (Phi) is 6.40. The van der Waals surface area contributed by atoms with Gasteiger partial charge in [-0.2, -0.15) is 5.10 Å². The first-order valence-electron chi connectivity index (χ1n) is 9.74. The summed E-state index contributed by atoms with van der Waals surface area (Å²) in [5, 5.41) is 7.16. The summed E-state index contributed by atoms with van der Waals surface area (Å²) in [4.78, 5) is 26.7. The van der Waals surface area contributed by atoms with Gasteiger partial charge in [-0.3, -0.25) is 14.5 Å². The van der Waals surface area contributed by atoms with Crippen molar-refractivity contribution >= 4 is 5.91 Å². The molecule has 1 saturated heterocycles. The molecular formula is C21H28N4O2. The quantitative estimate of drug-likeness (QED) is 0.851. The molecule has 1 aliphatic heterocycles. The van der Waals surface area contributed by atoms with E-state index >= 15 is 0 Å². The number of carbonyl (C=O) groups is 1. The topological polar surface area (TPSA) is 67.2 Å². The van der Waals surface area contributed by atoms with E-state index in [1.165, 1.54) is 35.2 Å². The van der Waals surface area contributed by atoms with E-state index in [2.05, 4.69) is 34.4 Å². The molecule has 1 N–H and O–H groups in total. The van der Waals surface area contributed by atoms with Gasteiger partial charge in [0.15, 0.2) is 0 Å². The van der Waals surface area contributed by atoms with Crippen LogP contribution in [0.1, 0.15) is 48.8 Å². The van der Waals surface area contributed by atoms with Crippen LogP contribution in [0.5, 0.6) is 0 Å². The van der Waals surface area contributed by atoms with E-state index in [4.69, 9.17) is 0 Å². The van der Waals surface area contributed by atoms with E-state index in [1.54, 1.807) is 0 Å². The molecule has 1 unspecified atom stereocenters. The van der Waals surface area contributed by atoms with Gasteiger partial charge < -0.3 is 5.32 Å². The van der Waals surface area contributed by atoms with E-state index in [0.717, 1.165) is 19.0 Å². The Labute approximate surface area is 160 Å². The predicted molar refractivity (Wildman–Crippen MR) is 106 cm³/mol. The minimum absolute atomic E-state index is 0.139. The third-order valence-electron chi connectivity index (χ3n) is 5.30. The molecular weight excluding hydrogens is 340 g/mol. The molecule has 6 nitrogen and oxygen atoms in total. The molecule has 0 radical (unpaired) electrons. The zero-order chi connectivity index (χ0) is 19.2. The number of piperidine rings is 1. The first-order chi connectivity index (χ1) is 13.1. The Morgan fingerprint density at radius 2 is 1.89 bits per heavy atom. The van der Waals surface area contributed by atoms with E-state index in [-0.39, 0.29) is 23.2 Å². The number of likely N-dealkylation sites (tertiary alicyclic amines) is 1. The second-order valence-electron chi connectivity index (χ2n) is 7.23. The molecule has 1 aromatic heterocycles. The van der Waals surface area contributed by atoms with Crippen molar-refractivity contribution < 1.29 is 4.79 Å². The van der Waals surface area contributed by atoms with Crippen molar-refractivity contribution in [1.29, 1.82) is 0 Å². The molecule has 0 bridgehead atoms. The average Bonchev–Trinajstić information content (AvgIpc) is 2.70. The highest BCUT2D eigenvalue weighted by Crippen LogP contribution is 2.26. The number of hydrogen-bond acceptors (Lipinski definition) is 4. The van der Waals surface area contributed by atoms with Gasteiger partial charge in [-0.25, -0.2) is 4.68 Å². The van der Waals surface area contributed by atoms with Crippen LogP contribution < -0.4 is 10.9 Å². The fourth-order valence-corrected chi connectivity index (χ4v) is 3.55. The van der Waals surface area contributed by atoms with Crippen LogP contribution in [-0.4, -0.2) is 40.2 Å². The minimum Gasteiger partial charge on any atom is -0.349 e. The maximum Gasteiger partial charge on any atom is 0.271 e. The third kappa shape index (κ3) is 4.83. The van der Waals surface area contributed by atoms with Gasteiger partial charge in [0.1, 0.15) is 5.69 Å². The number of hydrogen-bond donors (Lipinski definition) is 1. The standard InChI is InChI=1S/C21H28N4O2/c1-3-25-20(26)10-9-18(23-25)21(27)22-15-19(17-7-5-4-6-8-17)24-13-11-16(2)12-14-24/h4-10,16,19H,3,11-15H2,1-2H3,(H,22,27). The van der Waals surface area contributed by atoms with E-state index in [1.807, 2.05) is 25.1 Å². The Morgan fingerprint density at radius 1 is 1.19 bits per heavy atom. The summed E-state index contributed by atoms with van der Waals surface area (Å²) < 4.78 is 1.30. The number of benzene rings is 1. The van der Waals surface area contributed by atoms with Gasteiger partial charge in [-0.1, -0.05) is 37.3 Å². The zero-order valence-electron chi connectivity index (χ0n) is 16.1. The number of rotatable bonds is 6. The largest absolute Gasteiger partial charge is 0.349 e. The van der Waals surface area contributed by atoms with Gasteiger partial charge in [0, 0.05) is 19.2 Å². The summed E-state index contributed by atoms with van der Waals surface area (Å²) >= 11 is 0. The molecule has 0 spiro atoms. The number of aromatic nitrogens is 2. The van der Waals surface area contributed by atoms with Crippen molar-refractivity contribution in [3.05, 3.63) is 64.1 Å². The molecule has 3 rings (SSSR count). The van der Waals surface area contributed by atoms with Crippen LogP contribution in [-0.2, 0) is 6.54 Å². The molecule has 27 heavy (non-hydrogen) atoms. The summed E-state index contributed by atoms with van der Waals surface area (Å²) in [7, 11) is 0. The molecule has 6 heteroatoms. The molecule has 0 saturated carbocycles. The maximum atomic E-state index is 12.6. The van der Waals surface area contributed by atoms with Gasteiger partial charge in [-0.15, -0.1) is 0 Å². The highest BCUT2D eigenvalue weighted by Gasteiger charge is 2.25. The van der Waals surface area contributed by atoms with Gasteiger partial charge in [-0.05, 0) is 50.4 Å². The summed E-state index contributed by atoms with van der Waals surface area (Å²) in [6.45, 7) is 7.16. The van der Waals surface area contributed by atoms with Crippen molar-refractivity contribution in [3.8, 4) is 0 Å². The second kappa shape index (κ2) is 8.95. The van der Waals surface area contributed by atoms with Gasteiger partial charge >= 0.3 is 0 Å². The summed E-state index contributed by atoms with van der Waals surface area (Å²) in [5.41, 5.74) is 1.29. The van der Waals surface area contributed by atoms with Crippen LogP contribution in [0.4, 0.5) is 0 Å². The third-order valence-corrected chi connectivity index (χ3v) is 5.30. The lowest BCUT2D eigenvalue weighted by Crippen LogP contribution is -2.42. The van der Waals surface area contributed by atoms with Crippen LogP contribution in [0.25, 0.3) is 0 Å². The Bertz CT molecular complexity index is 810. The smallest absolute Gasteiger partial charge is 0.271 e. The van der Waals surface area contributed by atoms with Crippen molar-refractivity contribution in [2.45, 2.75) is 39.3 Å². The zero-order valence-corrected chi connectivity index (χ0v) is 16.1. The fraction of sp³-hybridized carbons (Fsp3) is 0.476. The van der Waals surface area contributed by atoms with E-state index in [0.29, 0.717) is 13.1 Å². The lowest BCUT2D eigenvalue weighted by atomic mass is 9.95.